The third kappa shape index (κ3) is 3.16. The van der Waals surface area contributed by atoms with Crippen molar-refractivity contribution < 1.29 is 9.90 Å². The van der Waals surface area contributed by atoms with Crippen LogP contribution in [0.25, 0.3) is 0 Å². The molecule has 1 rings (SSSR count). The molecule has 0 spiro atoms. The number of aromatic nitrogens is 1. The Labute approximate surface area is 75.9 Å². The van der Waals surface area contributed by atoms with Crippen LogP contribution >= 0.6 is 0 Å². The molecule has 0 aliphatic rings. The molecule has 0 amide bonds. The summed E-state index contributed by atoms with van der Waals surface area (Å²) >= 11 is 0. The zero-order valence-electron chi connectivity index (χ0n) is 7.16. The van der Waals surface area contributed by atoms with Gasteiger partial charge in [-0.3, -0.25) is 4.79 Å². The Balaban J connectivity index is 2.18. The van der Waals surface area contributed by atoms with E-state index in [-0.39, 0.29) is 0 Å². The largest absolute Gasteiger partial charge is 0.480 e. The van der Waals surface area contributed by atoms with E-state index in [1.54, 1.807) is 6.20 Å². The van der Waals surface area contributed by atoms with Crippen LogP contribution in [-0.2, 0) is 4.79 Å². The molecule has 0 bridgehead atoms. The summed E-state index contributed by atoms with van der Waals surface area (Å²) in [5.74, 6) is -0.0918. The molecule has 5 N–H and O–H groups in total. The standard InChI is InChI=1S/C8H13N3O2/c9-6(8(12)13)3-5-11-7-2-1-4-10-7/h1-2,4,6,10-11H,3,5,9H2,(H,12,13). The minimum atomic E-state index is -0.965. The fraction of sp³-hybridized carbons (Fsp3) is 0.375. The summed E-state index contributed by atoms with van der Waals surface area (Å²) in [6.45, 7) is 0.550. The number of rotatable bonds is 5. The van der Waals surface area contributed by atoms with Gasteiger partial charge in [0.2, 0.25) is 0 Å². The third-order valence-electron chi connectivity index (χ3n) is 1.69. The van der Waals surface area contributed by atoms with E-state index in [0.717, 1.165) is 5.82 Å². The summed E-state index contributed by atoms with van der Waals surface area (Å²) < 4.78 is 0. The topological polar surface area (TPSA) is 91.1 Å². The molecule has 1 unspecified atom stereocenters. The number of H-pyrrole nitrogens is 1. The Morgan fingerprint density at radius 3 is 3.08 bits per heavy atom. The van der Waals surface area contributed by atoms with Crippen molar-refractivity contribution in [3.8, 4) is 0 Å². The summed E-state index contributed by atoms with van der Waals surface area (Å²) in [4.78, 5) is 13.3. The number of nitrogens with two attached hydrogens (primary N) is 1. The molecule has 1 heterocycles. The van der Waals surface area contributed by atoms with Crippen molar-refractivity contribution in [3.05, 3.63) is 18.3 Å². The number of carboxylic acid groups (broad SMARTS) is 1. The zero-order valence-corrected chi connectivity index (χ0v) is 7.16. The van der Waals surface area contributed by atoms with E-state index in [4.69, 9.17) is 10.8 Å². The fourth-order valence-corrected chi connectivity index (χ4v) is 0.926. The highest BCUT2D eigenvalue weighted by molar-refractivity contribution is 5.73. The third-order valence-corrected chi connectivity index (χ3v) is 1.69. The predicted octanol–water partition coefficient (Wildman–Crippen LogP) is 0.229. The maximum absolute atomic E-state index is 10.3. The number of aromatic amines is 1. The number of hydrogen-bond donors (Lipinski definition) is 4. The molecule has 13 heavy (non-hydrogen) atoms. The number of nitrogens with one attached hydrogen (secondary N) is 2. The van der Waals surface area contributed by atoms with E-state index in [1.165, 1.54) is 0 Å². The maximum atomic E-state index is 10.3. The van der Waals surface area contributed by atoms with E-state index in [9.17, 15) is 4.79 Å². The van der Waals surface area contributed by atoms with Crippen LogP contribution in [0, 0.1) is 0 Å². The van der Waals surface area contributed by atoms with Crippen molar-refractivity contribution in [1.82, 2.24) is 4.98 Å². The quantitative estimate of drug-likeness (QED) is 0.526. The molecule has 0 radical (unpaired) electrons. The zero-order chi connectivity index (χ0) is 9.68. The highest BCUT2D eigenvalue weighted by Crippen LogP contribution is 2.00. The van der Waals surface area contributed by atoms with Crippen molar-refractivity contribution in [3.63, 3.8) is 0 Å². The summed E-state index contributed by atoms with van der Waals surface area (Å²) in [6, 6.07) is 2.94. The van der Waals surface area contributed by atoms with Gasteiger partial charge in [-0.15, -0.1) is 0 Å². The van der Waals surface area contributed by atoms with Gasteiger partial charge in [0.05, 0.1) is 0 Å². The monoisotopic (exact) mass is 183 g/mol. The second kappa shape index (κ2) is 4.51. The van der Waals surface area contributed by atoms with Crippen LogP contribution in [0.1, 0.15) is 6.42 Å². The number of aliphatic carboxylic acids is 1. The normalized spacial score (nSPS) is 12.4. The minimum Gasteiger partial charge on any atom is -0.480 e. The molecule has 0 aliphatic carbocycles. The Morgan fingerprint density at radius 2 is 2.54 bits per heavy atom. The second-order valence-electron chi connectivity index (χ2n) is 2.74. The van der Waals surface area contributed by atoms with Gasteiger partial charge in [-0.2, -0.15) is 0 Å². The van der Waals surface area contributed by atoms with Gasteiger partial charge in [0.1, 0.15) is 11.9 Å². The number of carboxylic acids is 1. The van der Waals surface area contributed by atoms with E-state index >= 15 is 0 Å². The Kier molecular flexibility index (Phi) is 3.33. The van der Waals surface area contributed by atoms with Gasteiger partial charge in [0.25, 0.3) is 0 Å². The smallest absolute Gasteiger partial charge is 0.320 e. The van der Waals surface area contributed by atoms with Crippen molar-refractivity contribution in [2.24, 2.45) is 5.73 Å². The first-order valence-electron chi connectivity index (χ1n) is 4.06. The molecule has 0 fully saturated rings. The van der Waals surface area contributed by atoms with Crippen LogP contribution in [0.15, 0.2) is 18.3 Å². The Morgan fingerprint density at radius 1 is 1.77 bits per heavy atom. The van der Waals surface area contributed by atoms with E-state index in [0.29, 0.717) is 13.0 Å². The van der Waals surface area contributed by atoms with Crippen LogP contribution in [0.2, 0.25) is 0 Å². The molecule has 1 atom stereocenters. The SMILES string of the molecule is NC(CCNc1ccc[nH]1)C(=O)O. The number of carbonyl (C=O) groups is 1. The van der Waals surface area contributed by atoms with Crippen molar-refractivity contribution in [1.29, 1.82) is 0 Å². The van der Waals surface area contributed by atoms with E-state index in [2.05, 4.69) is 10.3 Å². The number of hydrogen-bond acceptors (Lipinski definition) is 3. The molecule has 0 aliphatic heterocycles. The molecule has 0 aromatic carbocycles. The molecule has 0 saturated carbocycles. The van der Waals surface area contributed by atoms with Crippen molar-refractivity contribution in [2.45, 2.75) is 12.5 Å². The first kappa shape index (κ1) is 9.60. The summed E-state index contributed by atoms with van der Waals surface area (Å²) in [6.07, 6.45) is 2.20. The second-order valence-corrected chi connectivity index (χ2v) is 2.74. The Hall–Kier alpha value is -1.49. The number of anilines is 1. The maximum Gasteiger partial charge on any atom is 0.320 e. The van der Waals surface area contributed by atoms with Gasteiger partial charge < -0.3 is 21.1 Å². The predicted molar refractivity (Wildman–Crippen MR) is 49.5 cm³/mol. The Bertz CT molecular complexity index is 258. The molecule has 72 valence electrons. The van der Waals surface area contributed by atoms with Crippen LogP contribution in [0.4, 0.5) is 5.82 Å². The highest BCUT2D eigenvalue weighted by Gasteiger charge is 2.09. The first-order valence-corrected chi connectivity index (χ1v) is 4.06. The van der Waals surface area contributed by atoms with Gasteiger partial charge in [-0.25, -0.2) is 0 Å². The van der Waals surface area contributed by atoms with Crippen LogP contribution in [-0.4, -0.2) is 28.6 Å². The molecule has 0 saturated heterocycles. The van der Waals surface area contributed by atoms with Crippen molar-refractivity contribution in [2.75, 3.05) is 11.9 Å². The van der Waals surface area contributed by atoms with Gasteiger partial charge in [0, 0.05) is 12.7 Å². The first-order chi connectivity index (χ1) is 6.20. The lowest BCUT2D eigenvalue weighted by Crippen LogP contribution is -2.32. The highest BCUT2D eigenvalue weighted by atomic mass is 16.4. The molecule has 5 heteroatoms. The average Bonchev–Trinajstić information content (AvgIpc) is 2.56. The summed E-state index contributed by atoms with van der Waals surface area (Å²) in [7, 11) is 0. The van der Waals surface area contributed by atoms with Gasteiger partial charge in [-0.05, 0) is 18.6 Å². The molecule has 1 aromatic rings. The summed E-state index contributed by atoms with van der Waals surface area (Å²) in [5, 5.41) is 11.5. The van der Waals surface area contributed by atoms with Gasteiger partial charge in [-0.1, -0.05) is 0 Å². The fourth-order valence-electron chi connectivity index (χ4n) is 0.926. The lowest BCUT2D eigenvalue weighted by Gasteiger charge is -2.06. The van der Waals surface area contributed by atoms with Crippen LogP contribution in [0.3, 0.4) is 0 Å². The minimum absolute atomic E-state index is 0.411. The lowest BCUT2D eigenvalue weighted by molar-refractivity contribution is -0.138. The van der Waals surface area contributed by atoms with Crippen molar-refractivity contribution >= 4 is 11.8 Å². The van der Waals surface area contributed by atoms with Crippen LogP contribution < -0.4 is 11.1 Å². The lowest BCUT2D eigenvalue weighted by atomic mass is 10.2. The van der Waals surface area contributed by atoms with E-state index < -0.39 is 12.0 Å². The van der Waals surface area contributed by atoms with Gasteiger partial charge in [0.15, 0.2) is 0 Å². The van der Waals surface area contributed by atoms with Crippen LogP contribution in [0.5, 0.6) is 0 Å². The molecule has 1 aromatic heterocycles. The van der Waals surface area contributed by atoms with E-state index in [1.807, 2.05) is 12.1 Å². The molecular weight excluding hydrogens is 170 g/mol. The summed E-state index contributed by atoms with van der Waals surface area (Å²) in [5.41, 5.74) is 5.31. The van der Waals surface area contributed by atoms with Gasteiger partial charge >= 0.3 is 5.97 Å². The average molecular weight is 183 g/mol. The molecule has 5 nitrogen and oxygen atoms in total. The molecular formula is C8H13N3O2.